The fraction of sp³-hybridized carbons (Fsp3) is 0.409. The number of aliphatic imine (C=N–C) groups is 1. The lowest BCUT2D eigenvalue weighted by molar-refractivity contribution is -0.129. The second kappa shape index (κ2) is 11.0. The molecule has 2 heterocycles. The average Bonchev–Trinajstić information content (AvgIpc) is 2.78. The maximum Gasteiger partial charge on any atom is 0.244 e. The Balaban J connectivity index is 1.44. The van der Waals surface area contributed by atoms with Gasteiger partial charge in [0.2, 0.25) is 5.91 Å². The molecule has 1 aliphatic rings. The van der Waals surface area contributed by atoms with Gasteiger partial charge < -0.3 is 20.4 Å². The first-order valence-corrected chi connectivity index (χ1v) is 10.3. The average molecular weight is 395 g/mol. The van der Waals surface area contributed by atoms with Gasteiger partial charge in [-0.25, -0.2) is 4.99 Å². The Morgan fingerprint density at radius 3 is 2.48 bits per heavy atom. The monoisotopic (exact) mass is 394 g/mol. The van der Waals surface area contributed by atoms with E-state index in [-0.39, 0.29) is 12.5 Å². The van der Waals surface area contributed by atoms with Crippen molar-refractivity contribution < 1.29 is 4.79 Å². The first-order valence-electron chi connectivity index (χ1n) is 10.3. The lowest BCUT2D eigenvalue weighted by Gasteiger charge is -2.36. The number of carbonyl (C=O) groups excluding carboxylic acids is 1. The molecule has 7 heteroatoms. The highest BCUT2D eigenvalue weighted by Gasteiger charge is 2.20. The van der Waals surface area contributed by atoms with Gasteiger partial charge in [-0.05, 0) is 31.2 Å². The van der Waals surface area contributed by atoms with Crippen molar-refractivity contribution in [2.75, 3.05) is 50.7 Å². The number of hydrogen-bond donors (Lipinski definition) is 2. The first kappa shape index (κ1) is 20.6. The van der Waals surface area contributed by atoms with Crippen LogP contribution in [0.15, 0.2) is 59.7 Å². The van der Waals surface area contributed by atoms with Crippen LogP contribution in [0, 0.1) is 0 Å². The van der Waals surface area contributed by atoms with Crippen LogP contribution in [0.25, 0.3) is 0 Å². The van der Waals surface area contributed by atoms with Gasteiger partial charge in [-0.15, -0.1) is 0 Å². The Morgan fingerprint density at radius 1 is 1.03 bits per heavy atom. The highest BCUT2D eigenvalue weighted by molar-refractivity contribution is 5.85. The van der Waals surface area contributed by atoms with Gasteiger partial charge in [-0.2, -0.15) is 0 Å². The van der Waals surface area contributed by atoms with Crippen molar-refractivity contribution >= 4 is 17.6 Å². The van der Waals surface area contributed by atoms with Crippen molar-refractivity contribution in [3.8, 4) is 0 Å². The van der Waals surface area contributed by atoms with E-state index in [0.717, 1.165) is 44.8 Å². The summed E-state index contributed by atoms with van der Waals surface area (Å²) < 4.78 is 0. The Hall–Kier alpha value is -3.09. The smallest absolute Gasteiger partial charge is 0.244 e. The van der Waals surface area contributed by atoms with Gasteiger partial charge in [0, 0.05) is 63.3 Å². The summed E-state index contributed by atoms with van der Waals surface area (Å²) in [5.74, 6) is 0.736. The largest absolute Gasteiger partial charge is 0.368 e. The van der Waals surface area contributed by atoms with Crippen LogP contribution in [-0.4, -0.2) is 67.6 Å². The van der Waals surface area contributed by atoms with Crippen molar-refractivity contribution in [1.29, 1.82) is 0 Å². The minimum absolute atomic E-state index is 0.0691. The molecule has 1 amide bonds. The van der Waals surface area contributed by atoms with Crippen LogP contribution in [0.1, 0.15) is 12.6 Å². The lowest BCUT2D eigenvalue weighted by Crippen LogP contribution is -2.49. The summed E-state index contributed by atoms with van der Waals surface area (Å²) in [6.07, 6.45) is 2.60. The summed E-state index contributed by atoms with van der Waals surface area (Å²) in [6.45, 7) is 6.79. The molecule has 0 atom stereocenters. The summed E-state index contributed by atoms with van der Waals surface area (Å²) in [4.78, 5) is 25.6. The van der Waals surface area contributed by atoms with Crippen LogP contribution in [0.2, 0.25) is 0 Å². The van der Waals surface area contributed by atoms with E-state index in [9.17, 15) is 4.79 Å². The van der Waals surface area contributed by atoms with Gasteiger partial charge >= 0.3 is 0 Å². The van der Waals surface area contributed by atoms with Gasteiger partial charge in [-0.3, -0.25) is 9.78 Å². The molecule has 0 unspecified atom stereocenters. The standard InChI is InChI=1S/C22H30N6O/c1-2-23-22(25-13-11-19-8-6-7-12-24-19)26-18-21(29)28-16-14-27(15-17-28)20-9-4-3-5-10-20/h3-10,12H,2,11,13-18H2,1H3,(H2,23,25,26). The number of carbonyl (C=O) groups is 1. The zero-order chi connectivity index (χ0) is 20.3. The molecule has 154 valence electrons. The topological polar surface area (TPSA) is 72.9 Å². The molecule has 7 nitrogen and oxygen atoms in total. The van der Waals surface area contributed by atoms with Crippen LogP contribution in [0.3, 0.4) is 0 Å². The number of amides is 1. The lowest BCUT2D eigenvalue weighted by atomic mass is 10.2. The zero-order valence-corrected chi connectivity index (χ0v) is 17.1. The molecule has 1 saturated heterocycles. The molecule has 29 heavy (non-hydrogen) atoms. The van der Waals surface area contributed by atoms with Crippen LogP contribution in [0.5, 0.6) is 0 Å². The fourth-order valence-corrected chi connectivity index (χ4v) is 3.30. The summed E-state index contributed by atoms with van der Waals surface area (Å²) in [7, 11) is 0. The summed E-state index contributed by atoms with van der Waals surface area (Å²) in [5.41, 5.74) is 2.24. The van der Waals surface area contributed by atoms with E-state index in [0.29, 0.717) is 12.5 Å². The van der Waals surface area contributed by atoms with E-state index in [2.05, 4.69) is 37.6 Å². The molecule has 1 fully saturated rings. The van der Waals surface area contributed by atoms with Gasteiger partial charge in [0.05, 0.1) is 0 Å². The van der Waals surface area contributed by atoms with Crippen LogP contribution in [-0.2, 0) is 11.2 Å². The molecule has 0 bridgehead atoms. The number of benzene rings is 1. The van der Waals surface area contributed by atoms with Gasteiger partial charge in [-0.1, -0.05) is 24.3 Å². The summed E-state index contributed by atoms with van der Waals surface area (Å²) in [6, 6.07) is 16.2. The second-order valence-corrected chi connectivity index (χ2v) is 6.90. The maximum atomic E-state index is 12.6. The summed E-state index contributed by atoms with van der Waals surface area (Å²) >= 11 is 0. The molecule has 0 saturated carbocycles. The number of hydrogen-bond acceptors (Lipinski definition) is 4. The van der Waals surface area contributed by atoms with Gasteiger partial charge in [0.15, 0.2) is 5.96 Å². The van der Waals surface area contributed by atoms with Crippen molar-refractivity contribution in [3.05, 3.63) is 60.4 Å². The van der Waals surface area contributed by atoms with Crippen molar-refractivity contribution in [1.82, 2.24) is 20.5 Å². The number of anilines is 1. The molecule has 2 N–H and O–H groups in total. The highest BCUT2D eigenvalue weighted by atomic mass is 16.2. The third-order valence-electron chi connectivity index (χ3n) is 4.87. The Morgan fingerprint density at radius 2 is 1.79 bits per heavy atom. The van der Waals surface area contributed by atoms with Crippen molar-refractivity contribution in [2.24, 2.45) is 4.99 Å². The molecule has 0 aliphatic carbocycles. The van der Waals surface area contributed by atoms with E-state index < -0.39 is 0 Å². The predicted octanol–water partition coefficient (Wildman–Crippen LogP) is 1.53. The van der Waals surface area contributed by atoms with E-state index >= 15 is 0 Å². The number of para-hydroxylation sites is 1. The van der Waals surface area contributed by atoms with E-state index in [1.165, 1.54) is 5.69 Å². The van der Waals surface area contributed by atoms with Crippen LogP contribution >= 0.6 is 0 Å². The van der Waals surface area contributed by atoms with Crippen molar-refractivity contribution in [3.63, 3.8) is 0 Å². The van der Waals surface area contributed by atoms with E-state index in [1.54, 1.807) is 6.20 Å². The van der Waals surface area contributed by atoms with Crippen LogP contribution in [0.4, 0.5) is 5.69 Å². The van der Waals surface area contributed by atoms with Gasteiger partial charge in [0.1, 0.15) is 6.54 Å². The fourth-order valence-electron chi connectivity index (χ4n) is 3.30. The molecular weight excluding hydrogens is 364 g/mol. The zero-order valence-electron chi connectivity index (χ0n) is 17.1. The number of rotatable bonds is 7. The predicted molar refractivity (Wildman–Crippen MR) is 117 cm³/mol. The molecule has 2 aromatic rings. The molecule has 3 rings (SSSR count). The molecule has 1 aromatic heterocycles. The maximum absolute atomic E-state index is 12.6. The number of nitrogens with one attached hydrogen (secondary N) is 2. The quantitative estimate of drug-likeness (QED) is 0.550. The van der Waals surface area contributed by atoms with Crippen LogP contribution < -0.4 is 15.5 Å². The third-order valence-corrected chi connectivity index (χ3v) is 4.87. The highest BCUT2D eigenvalue weighted by Crippen LogP contribution is 2.15. The van der Waals surface area contributed by atoms with E-state index in [4.69, 9.17) is 0 Å². The van der Waals surface area contributed by atoms with Crippen molar-refractivity contribution in [2.45, 2.75) is 13.3 Å². The number of pyridine rings is 1. The third kappa shape index (κ3) is 6.48. The molecule has 1 aromatic carbocycles. The van der Waals surface area contributed by atoms with Gasteiger partial charge in [0.25, 0.3) is 0 Å². The second-order valence-electron chi connectivity index (χ2n) is 6.90. The molecule has 0 spiro atoms. The Kier molecular flexibility index (Phi) is 7.86. The minimum atomic E-state index is 0.0691. The number of nitrogens with zero attached hydrogens (tertiary/aromatic N) is 4. The normalized spacial score (nSPS) is 14.6. The first-order chi connectivity index (χ1) is 14.3. The minimum Gasteiger partial charge on any atom is -0.368 e. The Labute approximate surface area is 172 Å². The van der Waals surface area contributed by atoms with E-state index in [1.807, 2.05) is 48.2 Å². The summed E-state index contributed by atoms with van der Waals surface area (Å²) in [5, 5.41) is 6.47. The number of piperazine rings is 1. The molecule has 0 radical (unpaired) electrons. The molecule has 1 aliphatic heterocycles. The SMILES string of the molecule is CCNC(=NCC(=O)N1CCN(c2ccccc2)CC1)NCCc1ccccn1. The molecular formula is C22H30N6O. The Bertz CT molecular complexity index is 772. The number of guanidine groups is 1. The number of aromatic nitrogens is 1.